The van der Waals surface area contributed by atoms with Crippen molar-refractivity contribution in [3.05, 3.63) is 17.3 Å². The molecule has 0 radical (unpaired) electrons. The normalized spacial score (nSPS) is 18.9. The highest BCUT2D eigenvalue weighted by Gasteiger charge is 2.30. The summed E-state index contributed by atoms with van der Waals surface area (Å²) in [6, 6.07) is 3.27. The van der Waals surface area contributed by atoms with Gasteiger partial charge in [-0.15, -0.1) is 10.2 Å². The van der Waals surface area contributed by atoms with E-state index < -0.39 is 5.60 Å². The number of likely N-dealkylation sites (tertiary alicyclic amines) is 1. The number of carbonyl (C=O) groups excluding carboxylic acids is 1. The summed E-state index contributed by atoms with van der Waals surface area (Å²) in [6.45, 7) is 6.65. The van der Waals surface area contributed by atoms with Gasteiger partial charge in [0.15, 0.2) is 5.15 Å². The summed E-state index contributed by atoms with van der Waals surface area (Å²) in [5.74, 6) is 0.402. The van der Waals surface area contributed by atoms with Gasteiger partial charge in [0.2, 0.25) is 5.88 Å². The van der Waals surface area contributed by atoms with Gasteiger partial charge in [0.05, 0.1) is 6.04 Å². The maximum atomic E-state index is 12.3. The van der Waals surface area contributed by atoms with Crippen LogP contribution >= 0.6 is 11.6 Å². The largest absolute Gasteiger partial charge is 0.474 e. The van der Waals surface area contributed by atoms with Crippen molar-refractivity contribution in [2.45, 2.75) is 51.7 Å². The van der Waals surface area contributed by atoms with Gasteiger partial charge in [-0.05, 0) is 46.1 Å². The van der Waals surface area contributed by atoms with Gasteiger partial charge in [-0.1, -0.05) is 11.6 Å². The molecular formula is C15H22ClN3O3. The minimum absolute atomic E-state index is 0.0129. The van der Waals surface area contributed by atoms with Gasteiger partial charge in [0.25, 0.3) is 0 Å². The van der Waals surface area contributed by atoms with Crippen LogP contribution in [0.3, 0.4) is 0 Å². The van der Waals surface area contributed by atoms with Crippen molar-refractivity contribution in [1.82, 2.24) is 15.1 Å². The van der Waals surface area contributed by atoms with Crippen molar-refractivity contribution in [2.75, 3.05) is 13.2 Å². The second-order valence-corrected chi connectivity index (χ2v) is 6.72. The van der Waals surface area contributed by atoms with Crippen molar-refractivity contribution < 1.29 is 14.3 Å². The van der Waals surface area contributed by atoms with Gasteiger partial charge in [0, 0.05) is 12.6 Å². The summed E-state index contributed by atoms with van der Waals surface area (Å²) >= 11 is 5.69. The molecule has 1 amide bonds. The van der Waals surface area contributed by atoms with Crippen molar-refractivity contribution >= 4 is 17.7 Å². The summed E-state index contributed by atoms with van der Waals surface area (Å²) in [6.07, 6.45) is 2.65. The highest BCUT2D eigenvalue weighted by molar-refractivity contribution is 6.29. The molecule has 0 aromatic carbocycles. The molecule has 1 aromatic heterocycles. The van der Waals surface area contributed by atoms with Crippen LogP contribution in [0.15, 0.2) is 12.1 Å². The Kier molecular flexibility index (Phi) is 5.45. The Morgan fingerprint density at radius 3 is 2.77 bits per heavy atom. The van der Waals surface area contributed by atoms with Crippen LogP contribution in [-0.2, 0) is 4.74 Å². The second-order valence-electron chi connectivity index (χ2n) is 6.33. The first kappa shape index (κ1) is 16.8. The molecule has 0 spiro atoms. The highest BCUT2D eigenvalue weighted by Crippen LogP contribution is 2.21. The molecule has 0 aliphatic carbocycles. The third-order valence-corrected chi connectivity index (χ3v) is 3.49. The van der Waals surface area contributed by atoms with E-state index in [0.717, 1.165) is 19.3 Å². The molecule has 1 saturated heterocycles. The number of hydrogen-bond acceptors (Lipinski definition) is 5. The van der Waals surface area contributed by atoms with Gasteiger partial charge in [-0.3, -0.25) is 0 Å². The van der Waals surface area contributed by atoms with Crippen LogP contribution in [0.1, 0.15) is 40.0 Å². The number of rotatable bonds is 3. The Morgan fingerprint density at radius 2 is 2.14 bits per heavy atom. The van der Waals surface area contributed by atoms with Gasteiger partial charge in [0.1, 0.15) is 12.2 Å². The molecule has 1 atom stereocenters. The molecular weight excluding hydrogens is 306 g/mol. The Balaban J connectivity index is 1.94. The average Bonchev–Trinajstić information content (AvgIpc) is 2.45. The van der Waals surface area contributed by atoms with E-state index in [9.17, 15) is 4.79 Å². The zero-order chi connectivity index (χ0) is 16.2. The SMILES string of the molecule is CC(C)(C)OC(=O)N1CCCC[C@H]1COc1ccc(Cl)nn1. The zero-order valence-corrected chi connectivity index (χ0v) is 14.0. The van der Waals surface area contributed by atoms with E-state index in [1.165, 1.54) is 0 Å². The summed E-state index contributed by atoms with van der Waals surface area (Å²) in [4.78, 5) is 14.0. The first-order valence-corrected chi connectivity index (χ1v) is 7.84. The standard InChI is InChI=1S/C15H22ClN3O3/c1-15(2,3)22-14(20)19-9-5-4-6-11(19)10-21-13-8-7-12(16)17-18-13/h7-8,11H,4-6,9-10H2,1-3H3/t11-/m0/s1. The Labute approximate surface area is 135 Å². The number of amides is 1. The Hall–Kier alpha value is -1.56. The van der Waals surface area contributed by atoms with E-state index in [2.05, 4.69) is 10.2 Å². The van der Waals surface area contributed by atoms with E-state index in [-0.39, 0.29) is 12.1 Å². The summed E-state index contributed by atoms with van der Waals surface area (Å²) < 4.78 is 11.1. The van der Waals surface area contributed by atoms with Crippen molar-refractivity contribution in [1.29, 1.82) is 0 Å². The van der Waals surface area contributed by atoms with Crippen LogP contribution in [0.25, 0.3) is 0 Å². The van der Waals surface area contributed by atoms with Crippen LogP contribution in [0, 0.1) is 0 Å². The third kappa shape index (κ3) is 5.02. The average molecular weight is 328 g/mol. The first-order chi connectivity index (χ1) is 10.3. The molecule has 2 rings (SSSR count). The monoisotopic (exact) mass is 327 g/mol. The fourth-order valence-electron chi connectivity index (χ4n) is 2.30. The van der Waals surface area contributed by atoms with Crippen LogP contribution in [-0.4, -0.2) is 46.0 Å². The smallest absolute Gasteiger partial charge is 0.410 e. The molecule has 1 fully saturated rings. The van der Waals surface area contributed by atoms with Crippen LogP contribution < -0.4 is 4.74 Å². The lowest BCUT2D eigenvalue weighted by molar-refractivity contribution is 0.00330. The maximum absolute atomic E-state index is 12.3. The fraction of sp³-hybridized carbons (Fsp3) is 0.667. The van der Waals surface area contributed by atoms with Crippen LogP contribution in [0.2, 0.25) is 5.15 Å². The summed E-state index contributed by atoms with van der Waals surface area (Å²) in [5, 5.41) is 7.90. The molecule has 122 valence electrons. The first-order valence-electron chi connectivity index (χ1n) is 7.47. The number of piperidine rings is 1. The number of nitrogens with zero attached hydrogens (tertiary/aromatic N) is 3. The van der Waals surface area contributed by atoms with Crippen molar-refractivity contribution in [3.63, 3.8) is 0 Å². The molecule has 0 unspecified atom stereocenters. The van der Waals surface area contributed by atoms with E-state index >= 15 is 0 Å². The molecule has 0 N–H and O–H groups in total. The molecule has 22 heavy (non-hydrogen) atoms. The Bertz CT molecular complexity index is 502. The van der Waals surface area contributed by atoms with Crippen molar-refractivity contribution in [3.8, 4) is 5.88 Å². The lowest BCUT2D eigenvalue weighted by atomic mass is 10.0. The molecule has 1 aliphatic heterocycles. The van der Waals surface area contributed by atoms with Gasteiger partial charge in [-0.25, -0.2) is 4.79 Å². The van der Waals surface area contributed by atoms with Crippen LogP contribution in [0.4, 0.5) is 4.79 Å². The quantitative estimate of drug-likeness (QED) is 0.852. The van der Waals surface area contributed by atoms with E-state index in [4.69, 9.17) is 21.1 Å². The molecule has 2 heterocycles. The maximum Gasteiger partial charge on any atom is 0.410 e. The number of carbonyl (C=O) groups is 1. The van der Waals surface area contributed by atoms with E-state index in [0.29, 0.717) is 24.2 Å². The molecule has 6 nitrogen and oxygen atoms in total. The lowest BCUT2D eigenvalue weighted by Gasteiger charge is -2.36. The predicted molar refractivity (Wildman–Crippen MR) is 83.1 cm³/mol. The van der Waals surface area contributed by atoms with Crippen LogP contribution in [0.5, 0.6) is 5.88 Å². The minimum Gasteiger partial charge on any atom is -0.474 e. The summed E-state index contributed by atoms with van der Waals surface area (Å²) in [7, 11) is 0. The molecule has 1 aliphatic rings. The van der Waals surface area contributed by atoms with Gasteiger partial charge >= 0.3 is 6.09 Å². The number of ether oxygens (including phenoxy) is 2. The molecule has 0 bridgehead atoms. The minimum atomic E-state index is -0.498. The number of halogens is 1. The fourth-order valence-corrected chi connectivity index (χ4v) is 2.40. The summed E-state index contributed by atoms with van der Waals surface area (Å²) in [5.41, 5.74) is -0.498. The molecule has 7 heteroatoms. The zero-order valence-electron chi connectivity index (χ0n) is 13.2. The number of aromatic nitrogens is 2. The highest BCUT2D eigenvalue weighted by atomic mass is 35.5. The molecule has 0 saturated carbocycles. The number of hydrogen-bond donors (Lipinski definition) is 0. The van der Waals surface area contributed by atoms with Crippen molar-refractivity contribution in [2.24, 2.45) is 0 Å². The predicted octanol–water partition coefficient (Wildman–Crippen LogP) is 3.30. The van der Waals surface area contributed by atoms with E-state index in [1.54, 1.807) is 17.0 Å². The van der Waals surface area contributed by atoms with Gasteiger partial charge < -0.3 is 14.4 Å². The third-order valence-electron chi connectivity index (χ3n) is 3.29. The topological polar surface area (TPSA) is 64.5 Å². The van der Waals surface area contributed by atoms with Gasteiger partial charge in [-0.2, -0.15) is 0 Å². The van der Waals surface area contributed by atoms with E-state index in [1.807, 2.05) is 20.8 Å². The second kappa shape index (κ2) is 7.13. The Morgan fingerprint density at radius 1 is 1.36 bits per heavy atom. The lowest BCUT2D eigenvalue weighted by Crippen LogP contribution is -2.48. The molecule has 1 aromatic rings.